The van der Waals surface area contributed by atoms with Gasteiger partial charge in [-0.3, -0.25) is 0 Å². The summed E-state index contributed by atoms with van der Waals surface area (Å²) >= 11 is 0. The summed E-state index contributed by atoms with van der Waals surface area (Å²) in [5, 5.41) is 8.73. The van der Waals surface area contributed by atoms with Gasteiger partial charge in [0.05, 0.1) is 11.0 Å². The van der Waals surface area contributed by atoms with Crippen molar-refractivity contribution < 1.29 is 15.4 Å². The van der Waals surface area contributed by atoms with Gasteiger partial charge in [0.1, 0.15) is 11.2 Å². The maximum absolute atomic E-state index is 9.47. The van der Waals surface area contributed by atoms with Gasteiger partial charge in [0.25, 0.3) is 0 Å². The van der Waals surface area contributed by atoms with E-state index in [1.54, 1.807) is 6.07 Å². The number of benzene rings is 10. The van der Waals surface area contributed by atoms with Crippen LogP contribution in [0.15, 0.2) is 186 Å². The molecule has 11 rings (SSSR count). The molecule has 0 atom stereocenters. The molecule has 0 radical (unpaired) electrons. The predicted molar refractivity (Wildman–Crippen MR) is 218 cm³/mol. The van der Waals surface area contributed by atoms with Gasteiger partial charge < -0.3 is 4.42 Å². The maximum atomic E-state index is 9.47. The second kappa shape index (κ2) is 10.9. The molecule has 1 nitrogen and oxygen atoms in total. The Hall–Kier alpha value is -6.70. The SMILES string of the molecule is [2H]c1c([2H])c([2H])c2c(-c3ccc4oc5cc6ccccc6cc5c4c3)c3c([2H])c([2H])c([2H])c([2H])c3c(-c3cccc(-c4cccc5c4ccc4ccccc45)c3)c2c1[2H]. The largest absolute Gasteiger partial charge is 0.456 e. The van der Waals surface area contributed by atoms with Gasteiger partial charge in [-0.25, -0.2) is 0 Å². The van der Waals surface area contributed by atoms with Gasteiger partial charge in [-0.2, -0.15) is 0 Å². The highest BCUT2D eigenvalue weighted by atomic mass is 16.3. The summed E-state index contributed by atoms with van der Waals surface area (Å²) in [4.78, 5) is 0. The first-order chi connectivity index (χ1) is 28.6. The summed E-state index contributed by atoms with van der Waals surface area (Å²) in [7, 11) is 0. The smallest absolute Gasteiger partial charge is 0.136 e. The van der Waals surface area contributed by atoms with Crippen molar-refractivity contribution in [1.29, 1.82) is 0 Å². The van der Waals surface area contributed by atoms with Crippen molar-refractivity contribution in [3.05, 3.63) is 182 Å². The minimum Gasteiger partial charge on any atom is -0.456 e. The van der Waals surface area contributed by atoms with E-state index in [1.165, 1.54) is 0 Å². The van der Waals surface area contributed by atoms with Gasteiger partial charge in [0, 0.05) is 10.8 Å². The normalized spacial score (nSPS) is 14.1. The van der Waals surface area contributed by atoms with Crippen molar-refractivity contribution in [2.24, 2.45) is 0 Å². The monoisotopic (exact) mass is 654 g/mol. The highest BCUT2D eigenvalue weighted by Crippen LogP contribution is 2.46. The Morgan fingerprint density at radius 2 is 0.922 bits per heavy atom. The summed E-state index contributed by atoms with van der Waals surface area (Å²) in [5.74, 6) is 0. The molecule has 0 unspecified atom stereocenters. The van der Waals surface area contributed by atoms with Crippen LogP contribution in [0.5, 0.6) is 0 Å². The van der Waals surface area contributed by atoms with Crippen LogP contribution in [0.3, 0.4) is 0 Å². The molecule has 0 saturated carbocycles. The number of hydrogen-bond acceptors (Lipinski definition) is 1. The first-order valence-corrected chi connectivity index (χ1v) is 16.9. The molecule has 0 aliphatic heterocycles. The fourth-order valence-electron chi connectivity index (χ4n) is 7.95. The van der Waals surface area contributed by atoms with Crippen molar-refractivity contribution >= 4 is 75.8 Å². The van der Waals surface area contributed by atoms with Gasteiger partial charge in [-0.15, -0.1) is 0 Å². The number of fused-ring (bicyclic) bond motifs is 9. The minimum atomic E-state index is -0.437. The molecule has 0 aliphatic rings. The number of hydrogen-bond donors (Lipinski definition) is 0. The molecule has 1 aromatic heterocycles. The quantitative estimate of drug-likeness (QED) is 0.136. The van der Waals surface area contributed by atoms with E-state index in [-0.39, 0.29) is 45.7 Å². The van der Waals surface area contributed by atoms with E-state index in [0.29, 0.717) is 33.4 Å². The lowest BCUT2D eigenvalue weighted by molar-refractivity contribution is 0.669. The lowest BCUT2D eigenvalue weighted by atomic mass is 9.85. The van der Waals surface area contributed by atoms with Crippen LogP contribution in [0, 0.1) is 0 Å². The van der Waals surface area contributed by atoms with Crippen LogP contribution >= 0.6 is 0 Å². The zero-order valence-electron chi connectivity index (χ0n) is 35.1. The molecule has 0 N–H and O–H groups in total. The van der Waals surface area contributed by atoms with Crippen LogP contribution < -0.4 is 0 Å². The van der Waals surface area contributed by atoms with E-state index in [1.807, 2.05) is 91.0 Å². The predicted octanol–water partition coefficient (Wildman–Crippen LogP) is 14.4. The fraction of sp³-hybridized carbons (Fsp3) is 0. The minimum absolute atomic E-state index is 0.170. The average molecular weight is 655 g/mol. The van der Waals surface area contributed by atoms with E-state index in [0.717, 1.165) is 54.2 Å². The van der Waals surface area contributed by atoms with Crippen molar-refractivity contribution in [1.82, 2.24) is 0 Å². The zero-order valence-corrected chi connectivity index (χ0v) is 27.1. The van der Waals surface area contributed by atoms with Crippen LogP contribution in [0.2, 0.25) is 0 Å². The first-order valence-electron chi connectivity index (χ1n) is 20.9. The number of rotatable bonds is 3. The van der Waals surface area contributed by atoms with Crippen molar-refractivity contribution in [2.75, 3.05) is 0 Å². The fourth-order valence-corrected chi connectivity index (χ4v) is 7.95. The van der Waals surface area contributed by atoms with Crippen LogP contribution in [-0.2, 0) is 0 Å². The molecule has 0 amide bonds. The number of furan rings is 1. The molecule has 11 aromatic rings. The van der Waals surface area contributed by atoms with Crippen LogP contribution in [-0.4, -0.2) is 0 Å². The van der Waals surface area contributed by atoms with E-state index in [9.17, 15) is 5.48 Å². The summed E-state index contributed by atoms with van der Waals surface area (Å²) in [6.07, 6.45) is 0. The summed E-state index contributed by atoms with van der Waals surface area (Å²) in [6.45, 7) is 0. The lowest BCUT2D eigenvalue weighted by Crippen LogP contribution is -1.91. The van der Waals surface area contributed by atoms with Crippen LogP contribution in [0.1, 0.15) is 11.0 Å². The molecule has 236 valence electrons. The first kappa shape index (κ1) is 21.4. The molecule has 0 saturated heterocycles. The summed E-state index contributed by atoms with van der Waals surface area (Å²) in [5.41, 5.74) is 4.80. The Labute approximate surface area is 305 Å². The third-order valence-electron chi connectivity index (χ3n) is 10.3. The second-order valence-electron chi connectivity index (χ2n) is 13.0. The molecule has 0 fully saturated rings. The molecular weight excluding hydrogens is 617 g/mol. The molecule has 1 heterocycles. The molecule has 51 heavy (non-hydrogen) atoms. The highest BCUT2D eigenvalue weighted by molar-refractivity contribution is 6.22. The zero-order chi connectivity index (χ0) is 40.4. The third kappa shape index (κ3) is 4.28. The Morgan fingerprint density at radius 1 is 0.333 bits per heavy atom. The average Bonchev–Trinajstić information content (AvgIpc) is 3.63. The van der Waals surface area contributed by atoms with Crippen molar-refractivity contribution in [3.8, 4) is 33.4 Å². The molecular formula is C50H30O. The van der Waals surface area contributed by atoms with Crippen molar-refractivity contribution in [2.45, 2.75) is 0 Å². The topological polar surface area (TPSA) is 13.1 Å². The standard InChI is InChI=1S/C50H30O/c1-2-13-33-30-48-46(28-32(33)12-1)45-29-36(24-26-47(45)51-48)50-43-19-7-5-17-41(43)49(42-18-6-8-20-44(42)50)35-15-9-14-34(27-35)38-21-10-22-39-37-16-4-3-11-31(37)23-25-40(38)39/h1-30H/i5D,6D,7D,8D,17D,18D,19D,20D. The second-order valence-corrected chi connectivity index (χ2v) is 13.0. The molecule has 1 heteroatoms. The molecule has 0 bridgehead atoms. The van der Waals surface area contributed by atoms with Gasteiger partial charge in [0.15, 0.2) is 0 Å². The lowest BCUT2D eigenvalue weighted by Gasteiger charge is -2.18. The van der Waals surface area contributed by atoms with E-state index >= 15 is 0 Å². The van der Waals surface area contributed by atoms with E-state index in [4.69, 9.17) is 9.90 Å². The Kier molecular flexibility index (Phi) is 4.57. The molecule has 10 aromatic carbocycles. The molecule has 0 aliphatic carbocycles. The van der Waals surface area contributed by atoms with Crippen LogP contribution in [0.25, 0.3) is 109 Å². The van der Waals surface area contributed by atoms with E-state index in [2.05, 4.69) is 36.4 Å². The van der Waals surface area contributed by atoms with Crippen molar-refractivity contribution in [3.63, 3.8) is 0 Å². The van der Waals surface area contributed by atoms with Gasteiger partial charge >= 0.3 is 0 Å². The third-order valence-corrected chi connectivity index (χ3v) is 10.3. The Bertz CT molecular complexity index is 3580. The van der Waals surface area contributed by atoms with Gasteiger partial charge in [-0.1, -0.05) is 151 Å². The van der Waals surface area contributed by atoms with Crippen LogP contribution in [0.4, 0.5) is 0 Å². The summed E-state index contributed by atoms with van der Waals surface area (Å²) in [6, 6.07) is 40.9. The maximum Gasteiger partial charge on any atom is 0.136 e. The Morgan fingerprint density at radius 3 is 1.67 bits per heavy atom. The summed E-state index contributed by atoms with van der Waals surface area (Å²) < 4.78 is 79.7. The van der Waals surface area contributed by atoms with Gasteiger partial charge in [-0.05, 0) is 118 Å². The molecule has 0 spiro atoms. The van der Waals surface area contributed by atoms with Gasteiger partial charge in [0.2, 0.25) is 0 Å². The Balaban J connectivity index is 1.27. The highest BCUT2D eigenvalue weighted by Gasteiger charge is 2.19. The van der Waals surface area contributed by atoms with E-state index < -0.39 is 24.2 Å².